The Morgan fingerprint density at radius 2 is 1.12 bits per heavy atom. The summed E-state index contributed by atoms with van der Waals surface area (Å²) in [4.78, 5) is 26.6. The Bertz CT molecular complexity index is 1330. The van der Waals surface area contributed by atoms with E-state index < -0.39 is 31.8 Å². The topological polar surface area (TPSA) is 133 Å². The van der Waals surface area contributed by atoms with Crippen LogP contribution in [0, 0.1) is 0 Å². The molecule has 4 rings (SSSR count). The van der Waals surface area contributed by atoms with Gasteiger partial charge in [0.2, 0.25) is 11.8 Å². The van der Waals surface area contributed by atoms with Crippen molar-refractivity contribution in [1.29, 1.82) is 0 Å². The van der Waals surface area contributed by atoms with Crippen LogP contribution in [0.3, 0.4) is 0 Å². The highest BCUT2D eigenvalue weighted by Crippen LogP contribution is 2.26. The zero-order chi connectivity index (χ0) is 28.9. The molecule has 2 aliphatic rings. The van der Waals surface area contributed by atoms with Crippen molar-refractivity contribution in [2.45, 2.75) is 51.6 Å². The molecule has 2 aliphatic heterocycles. The fourth-order valence-electron chi connectivity index (χ4n) is 5.31. The van der Waals surface area contributed by atoms with Crippen LogP contribution in [-0.2, 0) is 42.1 Å². The van der Waals surface area contributed by atoms with Gasteiger partial charge in [-0.05, 0) is 61.1 Å². The summed E-state index contributed by atoms with van der Waals surface area (Å²) in [7, 11) is -6.66. The minimum Gasteiger partial charge on any atom is -0.325 e. The van der Waals surface area contributed by atoms with Crippen molar-refractivity contribution in [2.75, 3.05) is 46.7 Å². The lowest BCUT2D eigenvalue weighted by molar-refractivity contribution is -0.137. The first-order valence-electron chi connectivity index (χ1n) is 13.7. The van der Waals surface area contributed by atoms with Crippen LogP contribution in [0.15, 0.2) is 48.5 Å². The third kappa shape index (κ3) is 8.12. The highest BCUT2D eigenvalue weighted by atomic mass is 32.2. The molecular formula is C28H38N4O6S2. The molecule has 2 amide bonds. The van der Waals surface area contributed by atoms with Crippen LogP contribution in [0.5, 0.6) is 0 Å². The van der Waals surface area contributed by atoms with E-state index >= 15 is 0 Å². The van der Waals surface area contributed by atoms with Gasteiger partial charge in [0.1, 0.15) is 0 Å². The van der Waals surface area contributed by atoms with Gasteiger partial charge in [0.05, 0.1) is 36.1 Å². The zero-order valence-corrected chi connectivity index (χ0v) is 24.6. The summed E-state index contributed by atoms with van der Waals surface area (Å²) in [6, 6.07) is 13.8. The maximum absolute atomic E-state index is 13.3. The number of sulfone groups is 2. The number of rotatable bonds is 11. The van der Waals surface area contributed by atoms with E-state index in [4.69, 9.17) is 0 Å². The Labute approximate surface area is 236 Å². The number of benzene rings is 2. The van der Waals surface area contributed by atoms with Gasteiger partial charge in [-0.25, -0.2) is 26.9 Å². The van der Waals surface area contributed by atoms with Crippen LogP contribution in [0.4, 0.5) is 11.4 Å². The summed E-state index contributed by atoms with van der Waals surface area (Å²) in [6.45, 7) is 3.60. The van der Waals surface area contributed by atoms with Crippen LogP contribution < -0.4 is 10.6 Å². The summed E-state index contributed by atoms with van der Waals surface area (Å²) in [5, 5.41) is 9.01. The lowest BCUT2D eigenvalue weighted by atomic mass is 10.1. The standard InChI is InChI=1S/C28H38N4O6S2/c1-3-21-7-5-9-23(15-21)29-27(33)17-31(25-11-13-39(35,36)19-25)32(26-12-14-40(37,38)20-26)18-28(34)30-24-10-6-8-22(4-2)16-24/h5-10,15-16,25-26H,3-4,11-14,17-20H2,1-2H3,(H,29,33)(H,30,34). The van der Waals surface area contributed by atoms with Crippen LogP contribution in [0.2, 0.25) is 0 Å². The summed E-state index contributed by atoms with van der Waals surface area (Å²) in [6.07, 6.45) is 2.18. The molecule has 0 saturated carbocycles. The first kappa shape index (κ1) is 30.2. The second-order valence-corrected chi connectivity index (χ2v) is 15.0. The molecule has 2 unspecified atom stereocenters. The molecule has 2 fully saturated rings. The van der Waals surface area contributed by atoms with Crippen molar-refractivity contribution in [2.24, 2.45) is 0 Å². The van der Waals surface area contributed by atoms with Gasteiger partial charge < -0.3 is 10.6 Å². The highest BCUT2D eigenvalue weighted by Gasteiger charge is 2.42. The molecule has 2 heterocycles. The molecule has 2 saturated heterocycles. The number of hydrazine groups is 1. The summed E-state index contributed by atoms with van der Waals surface area (Å²) in [5.41, 5.74) is 3.34. The number of anilines is 2. The predicted octanol–water partition coefficient (Wildman–Crippen LogP) is 2.28. The molecule has 0 aliphatic carbocycles. The molecule has 0 radical (unpaired) electrons. The third-order valence-corrected chi connectivity index (χ3v) is 10.9. The maximum Gasteiger partial charge on any atom is 0.240 e. The molecule has 0 bridgehead atoms. The van der Waals surface area contributed by atoms with Gasteiger partial charge in [0.25, 0.3) is 0 Å². The fraction of sp³-hybridized carbons (Fsp3) is 0.500. The molecule has 2 N–H and O–H groups in total. The van der Waals surface area contributed by atoms with Crippen molar-refractivity contribution in [3.8, 4) is 0 Å². The van der Waals surface area contributed by atoms with Gasteiger partial charge in [0.15, 0.2) is 19.7 Å². The average Bonchev–Trinajstić information content (AvgIpc) is 3.46. The molecule has 0 aromatic heterocycles. The highest BCUT2D eigenvalue weighted by molar-refractivity contribution is 7.91. The predicted molar refractivity (Wildman–Crippen MR) is 156 cm³/mol. The molecule has 218 valence electrons. The van der Waals surface area contributed by atoms with Crippen molar-refractivity contribution in [3.05, 3.63) is 59.7 Å². The number of nitrogens with zero attached hydrogens (tertiary/aromatic N) is 2. The second-order valence-electron chi connectivity index (χ2n) is 10.5. The van der Waals surface area contributed by atoms with Crippen LogP contribution in [-0.4, -0.2) is 86.9 Å². The second kappa shape index (κ2) is 12.8. The maximum atomic E-state index is 13.3. The minimum atomic E-state index is -3.33. The van der Waals surface area contributed by atoms with Crippen molar-refractivity contribution in [3.63, 3.8) is 0 Å². The number of carbonyl (C=O) groups is 2. The van der Waals surface area contributed by atoms with Crippen LogP contribution in [0.25, 0.3) is 0 Å². The number of aryl methyl sites for hydroxylation is 2. The average molecular weight is 591 g/mol. The molecule has 10 nitrogen and oxygen atoms in total. The van der Waals surface area contributed by atoms with E-state index in [1.165, 1.54) is 0 Å². The Balaban J connectivity index is 1.60. The minimum absolute atomic E-state index is 0.0266. The van der Waals surface area contributed by atoms with Crippen molar-refractivity contribution < 1.29 is 26.4 Å². The Hall–Kier alpha value is -2.80. The normalized spacial score (nSPS) is 21.5. The molecule has 2 atom stereocenters. The van der Waals surface area contributed by atoms with Crippen LogP contribution in [0.1, 0.15) is 37.8 Å². The SMILES string of the molecule is CCc1cccc(NC(=O)CN(C2CCS(=O)(=O)C2)N(CC(=O)Nc2cccc(CC)c2)C2CCS(=O)(=O)C2)c1. The fourth-order valence-corrected chi connectivity index (χ4v) is 8.76. The zero-order valence-electron chi connectivity index (χ0n) is 23.0. The number of amides is 2. The van der Waals surface area contributed by atoms with E-state index in [1.807, 2.05) is 50.2 Å². The molecule has 2 aromatic carbocycles. The molecule has 2 aromatic rings. The summed E-state index contributed by atoms with van der Waals surface area (Å²) in [5.74, 6) is -1.13. The summed E-state index contributed by atoms with van der Waals surface area (Å²) < 4.78 is 49.8. The number of nitrogens with one attached hydrogen (secondary N) is 2. The van der Waals surface area contributed by atoms with Crippen molar-refractivity contribution >= 4 is 42.9 Å². The summed E-state index contributed by atoms with van der Waals surface area (Å²) >= 11 is 0. The molecule has 0 spiro atoms. The van der Waals surface area contributed by atoms with E-state index in [9.17, 15) is 26.4 Å². The largest absolute Gasteiger partial charge is 0.325 e. The number of hydrogen-bond acceptors (Lipinski definition) is 8. The van der Waals surface area contributed by atoms with Gasteiger partial charge in [-0.3, -0.25) is 9.59 Å². The van der Waals surface area contributed by atoms with Gasteiger partial charge in [-0.15, -0.1) is 0 Å². The van der Waals surface area contributed by atoms with Gasteiger partial charge in [-0.2, -0.15) is 0 Å². The van der Waals surface area contributed by atoms with Gasteiger partial charge >= 0.3 is 0 Å². The Kier molecular flexibility index (Phi) is 9.65. The smallest absolute Gasteiger partial charge is 0.240 e. The molecule has 40 heavy (non-hydrogen) atoms. The van der Waals surface area contributed by atoms with Gasteiger partial charge in [0, 0.05) is 23.5 Å². The van der Waals surface area contributed by atoms with E-state index in [1.54, 1.807) is 22.2 Å². The quantitative estimate of drug-likeness (QED) is 0.381. The Morgan fingerprint density at radius 3 is 1.45 bits per heavy atom. The van der Waals surface area contributed by atoms with Gasteiger partial charge in [-0.1, -0.05) is 38.1 Å². The lowest BCUT2D eigenvalue weighted by Crippen LogP contribution is -2.58. The van der Waals surface area contributed by atoms with E-state index in [0.717, 1.165) is 24.0 Å². The monoisotopic (exact) mass is 590 g/mol. The lowest BCUT2D eigenvalue weighted by Gasteiger charge is -2.41. The first-order valence-corrected chi connectivity index (χ1v) is 17.3. The number of carbonyl (C=O) groups excluding carboxylic acids is 2. The molecular weight excluding hydrogens is 552 g/mol. The van der Waals surface area contributed by atoms with E-state index in [0.29, 0.717) is 11.4 Å². The van der Waals surface area contributed by atoms with Crippen molar-refractivity contribution in [1.82, 2.24) is 10.0 Å². The third-order valence-electron chi connectivity index (χ3n) is 7.44. The first-order chi connectivity index (χ1) is 19.0. The van der Waals surface area contributed by atoms with Crippen LogP contribution >= 0.6 is 0 Å². The molecule has 12 heteroatoms. The number of hydrogen-bond donors (Lipinski definition) is 2. The van der Waals surface area contributed by atoms with E-state index in [-0.39, 0.29) is 60.8 Å². The van der Waals surface area contributed by atoms with E-state index in [2.05, 4.69) is 10.6 Å². The Morgan fingerprint density at radius 1 is 0.725 bits per heavy atom.